The normalized spacial score (nSPS) is 11.9. The molecule has 0 radical (unpaired) electrons. The van der Waals surface area contributed by atoms with Crippen molar-refractivity contribution in [2.75, 3.05) is 11.4 Å². The second-order valence-corrected chi connectivity index (χ2v) is 6.73. The standard InChI is InChI=1S/C15H24ClN3S/c1-5-12(6-2)19(10-11(3)4)14-13(9-16)18-7-8-20-15(18)17-14/h7-8,11-12H,5-6,9-10H2,1-4H3. The molecule has 0 saturated carbocycles. The van der Waals surface area contributed by atoms with Gasteiger partial charge in [0.05, 0.1) is 11.6 Å². The van der Waals surface area contributed by atoms with Crippen molar-refractivity contribution >= 4 is 33.7 Å². The number of rotatable bonds is 7. The van der Waals surface area contributed by atoms with E-state index in [2.05, 4.69) is 48.6 Å². The predicted octanol–water partition coefficient (Wildman–Crippen LogP) is 4.79. The quantitative estimate of drug-likeness (QED) is 0.685. The first-order valence-corrected chi connectivity index (χ1v) is 8.80. The van der Waals surface area contributed by atoms with E-state index in [9.17, 15) is 0 Å². The summed E-state index contributed by atoms with van der Waals surface area (Å²) in [6, 6.07) is 0.531. The van der Waals surface area contributed by atoms with E-state index in [4.69, 9.17) is 16.6 Å². The third-order valence-electron chi connectivity index (χ3n) is 3.68. The van der Waals surface area contributed by atoms with E-state index < -0.39 is 0 Å². The molecule has 2 aromatic rings. The van der Waals surface area contributed by atoms with Crippen molar-refractivity contribution in [1.29, 1.82) is 0 Å². The molecule has 0 fully saturated rings. The van der Waals surface area contributed by atoms with Crippen LogP contribution in [0.1, 0.15) is 46.2 Å². The highest BCUT2D eigenvalue weighted by atomic mass is 35.5. The zero-order chi connectivity index (χ0) is 14.7. The average molecular weight is 314 g/mol. The van der Waals surface area contributed by atoms with Crippen LogP contribution in [-0.4, -0.2) is 22.0 Å². The summed E-state index contributed by atoms with van der Waals surface area (Å²) in [6.07, 6.45) is 4.33. The van der Waals surface area contributed by atoms with Crippen LogP contribution in [0.4, 0.5) is 5.82 Å². The van der Waals surface area contributed by atoms with Crippen LogP contribution in [0.15, 0.2) is 11.6 Å². The highest BCUT2D eigenvalue weighted by Gasteiger charge is 2.23. The largest absolute Gasteiger partial charge is 0.352 e. The van der Waals surface area contributed by atoms with Gasteiger partial charge in [0, 0.05) is 24.2 Å². The molecule has 0 spiro atoms. The van der Waals surface area contributed by atoms with Gasteiger partial charge in [-0.25, -0.2) is 4.98 Å². The number of alkyl halides is 1. The van der Waals surface area contributed by atoms with Gasteiger partial charge in [0.15, 0.2) is 10.8 Å². The Bertz CT molecular complexity index is 542. The van der Waals surface area contributed by atoms with Gasteiger partial charge in [-0.3, -0.25) is 4.40 Å². The Balaban J connectivity index is 2.46. The maximum atomic E-state index is 6.20. The summed E-state index contributed by atoms with van der Waals surface area (Å²) in [4.78, 5) is 8.33. The Hall–Kier alpha value is -0.740. The predicted molar refractivity (Wildman–Crippen MR) is 89.2 cm³/mol. The molecular weight excluding hydrogens is 290 g/mol. The number of aromatic nitrogens is 2. The summed E-state index contributed by atoms with van der Waals surface area (Å²) in [5, 5.41) is 2.06. The van der Waals surface area contributed by atoms with Crippen LogP contribution in [0.5, 0.6) is 0 Å². The molecule has 0 amide bonds. The number of nitrogens with zero attached hydrogens (tertiary/aromatic N) is 3. The van der Waals surface area contributed by atoms with Crippen molar-refractivity contribution in [3.63, 3.8) is 0 Å². The van der Waals surface area contributed by atoms with Crippen molar-refractivity contribution in [2.24, 2.45) is 5.92 Å². The third-order valence-corrected chi connectivity index (χ3v) is 4.69. The van der Waals surface area contributed by atoms with E-state index in [0.717, 1.165) is 35.9 Å². The van der Waals surface area contributed by atoms with Gasteiger partial charge in [-0.15, -0.1) is 22.9 Å². The number of hydrogen-bond acceptors (Lipinski definition) is 3. The van der Waals surface area contributed by atoms with Crippen LogP contribution < -0.4 is 4.90 Å². The summed E-state index contributed by atoms with van der Waals surface area (Å²) in [6.45, 7) is 10.0. The lowest BCUT2D eigenvalue weighted by atomic mass is 10.1. The van der Waals surface area contributed by atoms with Crippen molar-refractivity contribution in [3.8, 4) is 0 Å². The van der Waals surface area contributed by atoms with E-state index in [-0.39, 0.29) is 0 Å². The highest BCUT2D eigenvalue weighted by molar-refractivity contribution is 7.15. The zero-order valence-corrected chi connectivity index (χ0v) is 14.3. The smallest absolute Gasteiger partial charge is 0.195 e. The molecule has 0 aliphatic carbocycles. The monoisotopic (exact) mass is 313 g/mol. The van der Waals surface area contributed by atoms with Crippen molar-refractivity contribution < 1.29 is 0 Å². The number of halogens is 1. The lowest BCUT2D eigenvalue weighted by Crippen LogP contribution is -2.38. The molecule has 0 saturated heterocycles. The third kappa shape index (κ3) is 2.96. The van der Waals surface area contributed by atoms with Gasteiger partial charge in [-0.05, 0) is 18.8 Å². The van der Waals surface area contributed by atoms with Crippen LogP contribution in [-0.2, 0) is 5.88 Å². The first-order valence-electron chi connectivity index (χ1n) is 7.39. The molecule has 2 rings (SSSR count). The minimum Gasteiger partial charge on any atom is -0.352 e. The van der Waals surface area contributed by atoms with Crippen LogP contribution >= 0.6 is 22.9 Å². The topological polar surface area (TPSA) is 20.5 Å². The van der Waals surface area contributed by atoms with Gasteiger partial charge in [-0.1, -0.05) is 27.7 Å². The molecule has 3 nitrogen and oxygen atoms in total. The molecule has 2 aromatic heterocycles. The van der Waals surface area contributed by atoms with Crippen molar-refractivity contribution in [3.05, 3.63) is 17.3 Å². The van der Waals surface area contributed by atoms with Gasteiger partial charge in [0.1, 0.15) is 0 Å². The molecule has 0 atom stereocenters. The fourth-order valence-corrected chi connectivity index (χ4v) is 3.68. The summed E-state index contributed by atoms with van der Waals surface area (Å²) in [5.74, 6) is 2.19. The molecule has 0 N–H and O–H groups in total. The van der Waals surface area contributed by atoms with E-state index in [1.807, 2.05) is 0 Å². The summed E-state index contributed by atoms with van der Waals surface area (Å²) in [7, 11) is 0. The fraction of sp³-hybridized carbons (Fsp3) is 0.667. The number of anilines is 1. The van der Waals surface area contributed by atoms with Gasteiger partial charge in [-0.2, -0.15) is 0 Å². The molecule has 20 heavy (non-hydrogen) atoms. The van der Waals surface area contributed by atoms with E-state index in [0.29, 0.717) is 17.8 Å². The van der Waals surface area contributed by atoms with Gasteiger partial charge >= 0.3 is 0 Å². The molecule has 0 unspecified atom stereocenters. The fourth-order valence-electron chi connectivity index (χ4n) is 2.71. The van der Waals surface area contributed by atoms with E-state index in [1.165, 1.54) is 0 Å². The van der Waals surface area contributed by atoms with Crippen molar-refractivity contribution in [1.82, 2.24) is 9.38 Å². The first kappa shape index (κ1) is 15.6. The van der Waals surface area contributed by atoms with Crippen LogP contribution in [0, 0.1) is 5.92 Å². The Morgan fingerprint density at radius 2 is 2.05 bits per heavy atom. The van der Waals surface area contributed by atoms with Crippen LogP contribution in [0.3, 0.4) is 0 Å². The Morgan fingerprint density at radius 1 is 1.35 bits per heavy atom. The summed E-state index contributed by atoms with van der Waals surface area (Å²) < 4.78 is 2.13. The summed E-state index contributed by atoms with van der Waals surface area (Å²) in [5.41, 5.74) is 1.12. The molecule has 2 heterocycles. The molecule has 0 aromatic carbocycles. The lowest BCUT2D eigenvalue weighted by molar-refractivity contribution is 0.503. The minimum atomic E-state index is 0.502. The first-order chi connectivity index (χ1) is 9.62. The maximum absolute atomic E-state index is 6.20. The number of fused-ring (bicyclic) bond motifs is 1. The van der Waals surface area contributed by atoms with Crippen LogP contribution in [0.2, 0.25) is 0 Å². The number of thiazole rings is 1. The molecule has 0 aliphatic rings. The van der Waals surface area contributed by atoms with E-state index >= 15 is 0 Å². The highest BCUT2D eigenvalue weighted by Crippen LogP contribution is 2.29. The maximum Gasteiger partial charge on any atom is 0.195 e. The molecule has 0 aliphatic heterocycles. The SMILES string of the molecule is CCC(CC)N(CC(C)C)c1nc2sccn2c1CCl. The zero-order valence-electron chi connectivity index (χ0n) is 12.8. The Kier molecular flexibility index (Phi) is 5.33. The summed E-state index contributed by atoms with van der Waals surface area (Å²) >= 11 is 7.87. The van der Waals surface area contributed by atoms with Gasteiger partial charge < -0.3 is 4.90 Å². The molecular formula is C15H24ClN3S. The van der Waals surface area contributed by atoms with E-state index in [1.54, 1.807) is 11.3 Å². The number of hydrogen-bond donors (Lipinski definition) is 0. The molecule has 112 valence electrons. The second-order valence-electron chi connectivity index (χ2n) is 5.59. The molecule has 0 bridgehead atoms. The second kappa shape index (κ2) is 6.81. The Morgan fingerprint density at radius 3 is 2.60 bits per heavy atom. The van der Waals surface area contributed by atoms with Gasteiger partial charge in [0.25, 0.3) is 0 Å². The van der Waals surface area contributed by atoms with Crippen LogP contribution in [0.25, 0.3) is 4.96 Å². The lowest BCUT2D eigenvalue weighted by Gasteiger charge is -2.33. The average Bonchev–Trinajstić information content (AvgIpc) is 2.98. The van der Waals surface area contributed by atoms with Crippen molar-refractivity contribution in [2.45, 2.75) is 52.5 Å². The van der Waals surface area contributed by atoms with Gasteiger partial charge in [0.2, 0.25) is 0 Å². The number of imidazole rings is 1. The molecule has 5 heteroatoms. The Labute approximate surface area is 130 Å². The minimum absolute atomic E-state index is 0.502.